The number of benzene rings is 1. The minimum absolute atomic E-state index is 0.0553. The second-order valence-electron chi connectivity index (χ2n) is 7.22. The summed E-state index contributed by atoms with van der Waals surface area (Å²) in [7, 11) is -3.51. The number of sulfonamides is 1. The van der Waals surface area contributed by atoms with Crippen LogP contribution in [0.5, 0.6) is 0 Å². The molecule has 3 atom stereocenters. The van der Waals surface area contributed by atoms with Gasteiger partial charge in [0.05, 0.1) is 16.8 Å². The number of hydrogen-bond acceptors (Lipinski definition) is 5. The number of hydrogen-bond donors (Lipinski definition) is 1. The molecule has 142 valence electrons. The Kier molecular flexibility index (Phi) is 4.69. The first-order chi connectivity index (χ1) is 12.9. The summed E-state index contributed by atoms with van der Waals surface area (Å²) in [5.41, 5.74) is 1.04. The number of carbonyl (C=O) groups is 1. The number of nitrogens with zero attached hydrogens (tertiary/aromatic N) is 3. The van der Waals surface area contributed by atoms with Gasteiger partial charge in [-0.3, -0.25) is 9.78 Å². The Morgan fingerprint density at radius 2 is 1.74 bits per heavy atom. The lowest BCUT2D eigenvalue weighted by Gasteiger charge is -2.38. The quantitative estimate of drug-likeness (QED) is 0.866. The molecule has 1 aromatic heterocycles. The smallest absolute Gasteiger partial charge is 0.271 e. The van der Waals surface area contributed by atoms with Crippen molar-refractivity contribution >= 4 is 15.9 Å². The minimum Gasteiger partial charge on any atom is -0.348 e. The molecule has 7 nitrogen and oxygen atoms in total. The SMILES string of the molecule is Cc1cnc(C(=O)NC2C[C@H]3CC[C@@H](C2)N3S(=O)(=O)c2ccccc2)cn1. The number of piperidine rings is 1. The first kappa shape index (κ1) is 18.1. The Morgan fingerprint density at radius 1 is 1.07 bits per heavy atom. The molecule has 2 fully saturated rings. The lowest BCUT2D eigenvalue weighted by atomic mass is 9.99. The summed E-state index contributed by atoms with van der Waals surface area (Å²) in [5, 5.41) is 3.00. The molecule has 8 heteroatoms. The van der Waals surface area contributed by atoms with Gasteiger partial charge >= 0.3 is 0 Å². The number of carbonyl (C=O) groups excluding carboxylic acids is 1. The number of rotatable bonds is 4. The molecule has 0 aliphatic carbocycles. The van der Waals surface area contributed by atoms with E-state index in [9.17, 15) is 13.2 Å². The Bertz CT molecular complexity index is 917. The summed E-state index contributed by atoms with van der Waals surface area (Å²) >= 11 is 0. The van der Waals surface area contributed by atoms with Crippen LogP contribution in [-0.4, -0.2) is 46.7 Å². The summed E-state index contributed by atoms with van der Waals surface area (Å²) in [5.74, 6) is -0.258. The van der Waals surface area contributed by atoms with Crippen molar-refractivity contribution in [2.75, 3.05) is 0 Å². The second-order valence-corrected chi connectivity index (χ2v) is 9.06. The van der Waals surface area contributed by atoms with Crippen molar-refractivity contribution in [1.82, 2.24) is 19.6 Å². The average Bonchev–Trinajstić information content (AvgIpc) is 2.95. The molecule has 2 aliphatic rings. The Labute approximate surface area is 158 Å². The van der Waals surface area contributed by atoms with Crippen LogP contribution in [0.15, 0.2) is 47.6 Å². The summed E-state index contributed by atoms with van der Waals surface area (Å²) in [6.07, 6.45) is 5.92. The molecule has 0 spiro atoms. The molecule has 0 saturated carbocycles. The van der Waals surface area contributed by atoms with Crippen LogP contribution in [0.4, 0.5) is 0 Å². The number of nitrogens with one attached hydrogen (secondary N) is 1. The van der Waals surface area contributed by atoms with Gasteiger partial charge in [0.1, 0.15) is 5.69 Å². The molecule has 4 rings (SSSR count). The van der Waals surface area contributed by atoms with Crippen LogP contribution in [0.2, 0.25) is 0 Å². The van der Waals surface area contributed by atoms with Gasteiger partial charge in [-0.15, -0.1) is 0 Å². The van der Waals surface area contributed by atoms with Crippen LogP contribution < -0.4 is 5.32 Å². The van der Waals surface area contributed by atoms with Gasteiger partial charge in [-0.2, -0.15) is 4.31 Å². The third kappa shape index (κ3) is 3.46. The number of aromatic nitrogens is 2. The zero-order chi connectivity index (χ0) is 19.0. The number of amides is 1. The molecule has 1 unspecified atom stereocenters. The number of fused-ring (bicyclic) bond motifs is 2. The highest BCUT2D eigenvalue weighted by Crippen LogP contribution is 2.39. The largest absolute Gasteiger partial charge is 0.348 e. The lowest BCUT2D eigenvalue weighted by Crippen LogP contribution is -2.52. The summed E-state index contributed by atoms with van der Waals surface area (Å²) in [4.78, 5) is 21.0. The van der Waals surface area contributed by atoms with E-state index in [1.54, 1.807) is 34.8 Å². The first-order valence-corrected chi connectivity index (χ1v) is 10.6. The normalized spacial score (nSPS) is 25.3. The highest BCUT2D eigenvalue weighted by atomic mass is 32.2. The molecule has 27 heavy (non-hydrogen) atoms. The van der Waals surface area contributed by atoms with E-state index in [4.69, 9.17) is 0 Å². The zero-order valence-corrected chi connectivity index (χ0v) is 15.9. The Hall–Kier alpha value is -2.32. The molecule has 1 N–H and O–H groups in total. The van der Waals surface area contributed by atoms with Gasteiger partial charge in [0.25, 0.3) is 5.91 Å². The van der Waals surface area contributed by atoms with Gasteiger partial charge in [-0.05, 0) is 44.7 Å². The third-order valence-electron chi connectivity index (χ3n) is 5.33. The molecule has 2 saturated heterocycles. The van der Waals surface area contributed by atoms with Crippen molar-refractivity contribution in [3.05, 3.63) is 54.1 Å². The predicted octanol–water partition coefficient (Wildman–Crippen LogP) is 1.90. The van der Waals surface area contributed by atoms with Gasteiger partial charge in [-0.1, -0.05) is 18.2 Å². The molecular weight excluding hydrogens is 364 g/mol. The summed E-state index contributed by atoms with van der Waals surface area (Å²) in [6, 6.07) is 8.35. The van der Waals surface area contributed by atoms with E-state index in [0.717, 1.165) is 18.5 Å². The van der Waals surface area contributed by atoms with E-state index in [-0.39, 0.29) is 29.7 Å². The van der Waals surface area contributed by atoms with Gasteiger partial charge in [-0.25, -0.2) is 13.4 Å². The monoisotopic (exact) mass is 386 g/mol. The molecule has 1 amide bonds. The van der Waals surface area contributed by atoms with E-state index in [1.165, 1.54) is 6.20 Å². The average molecular weight is 386 g/mol. The molecule has 2 aromatic rings. The van der Waals surface area contributed by atoms with Gasteiger partial charge in [0, 0.05) is 24.3 Å². The minimum atomic E-state index is -3.51. The van der Waals surface area contributed by atoms with Crippen LogP contribution in [0, 0.1) is 6.92 Å². The van der Waals surface area contributed by atoms with Gasteiger partial charge in [0.15, 0.2) is 0 Å². The highest BCUT2D eigenvalue weighted by Gasteiger charge is 2.47. The maximum Gasteiger partial charge on any atom is 0.271 e. The van der Waals surface area contributed by atoms with E-state index in [0.29, 0.717) is 17.7 Å². The third-order valence-corrected chi connectivity index (χ3v) is 7.35. The standard InChI is InChI=1S/C19H22N4O3S/c1-13-11-21-18(12-20-13)19(24)22-14-9-15-7-8-16(10-14)23(15)27(25,26)17-5-3-2-4-6-17/h2-6,11-12,14-16H,7-10H2,1H3,(H,22,24)/t14?,15-,16+. The molecule has 2 aliphatic heterocycles. The fourth-order valence-electron chi connectivity index (χ4n) is 4.13. The molecule has 2 bridgehead atoms. The van der Waals surface area contributed by atoms with Crippen molar-refractivity contribution in [3.8, 4) is 0 Å². The molecular formula is C19H22N4O3S. The van der Waals surface area contributed by atoms with Crippen LogP contribution in [0.3, 0.4) is 0 Å². The first-order valence-electron chi connectivity index (χ1n) is 9.13. The Morgan fingerprint density at radius 3 is 2.33 bits per heavy atom. The maximum absolute atomic E-state index is 13.1. The fraction of sp³-hybridized carbons (Fsp3) is 0.421. The molecule has 0 radical (unpaired) electrons. The zero-order valence-electron chi connectivity index (χ0n) is 15.1. The van der Waals surface area contributed by atoms with Crippen molar-refractivity contribution in [3.63, 3.8) is 0 Å². The van der Waals surface area contributed by atoms with E-state index < -0.39 is 10.0 Å². The van der Waals surface area contributed by atoms with Crippen molar-refractivity contribution in [1.29, 1.82) is 0 Å². The van der Waals surface area contributed by atoms with Crippen LogP contribution in [0.25, 0.3) is 0 Å². The summed E-state index contributed by atoms with van der Waals surface area (Å²) < 4.78 is 27.8. The van der Waals surface area contributed by atoms with Crippen LogP contribution >= 0.6 is 0 Å². The van der Waals surface area contributed by atoms with E-state index in [1.807, 2.05) is 13.0 Å². The van der Waals surface area contributed by atoms with Gasteiger partial charge < -0.3 is 5.32 Å². The van der Waals surface area contributed by atoms with Crippen LogP contribution in [-0.2, 0) is 10.0 Å². The van der Waals surface area contributed by atoms with E-state index >= 15 is 0 Å². The lowest BCUT2D eigenvalue weighted by molar-refractivity contribution is 0.0904. The van der Waals surface area contributed by atoms with Crippen molar-refractivity contribution in [2.24, 2.45) is 0 Å². The highest BCUT2D eigenvalue weighted by molar-refractivity contribution is 7.89. The fourth-order valence-corrected chi connectivity index (χ4v) is 6.04. The molecule has 3 heterocycles. The van der Waals surface area contributed by atoms with Crippen molar-refractivity contribution < 1.29 is 13.2 Å². The van der Waals surface area contributed by atoms with Crippen LogP contribution in [0.1, 0.15) is 41.9 Å². The topological polar surface area (TPSA) is 92.3 Å². The predicted molar refractivity (Wildman–Crippen MR) is 99.5 cm³/mol. The maximum atomic E-state index is 13.1. The van der Waals surface area contributed by atoms with E-state index in [2.05, 4.69) is 15.3 Å². The number of aryl methyl sites for hydroxylation is 1. The summed E-state index contributed by atoms with van der Waals surface area (Å²) in [6.45, 7) is 1.81. The Balaban J connectivity index is 1.48. The second kappa shape index (κ2) is 7.01. The van der Waals surface area contributed by atoms with Gasteiger partial charge in [0.2, 0.25) is 10.0 Å². The van der Waals surface area contributed by atoms with Crippen molar-refractivity contribution in [2.45, 2.75) is 55.6 Å². The molecule has 1 aromatic carbocycles.